The number of hydrogen-bond acceptors (Lipinski definition) is 3. The molecule has 0 unspecified atom stereocenters. The van der Waals surface area contributed by atoms with Crippen LogP contribution in [0.3, 0.4) is 0 Å². The molecule has 26 heavy (non-hydrogen) atoms. The van der Waals surface area contributed by atoms with Gasteiger partial charge in [0.2, 0.25) is 0 Å². The van der Waals surface area contributed by atoms with Crippen molar-refractivity contribution in [2.75, 3.05) is 6.54 Å². The van der Waals surface area contributed by atoms with Crippen molar-refractivity contribution in [3.05, 3.63) is 65.3 Å². The van der Waals surface area contributed by atoms with Crippen LogP contribution in [0.1, 0.15) is 22.6 Å². The molecule has 0 aliphatic heterocycles. The largest absolute Gasteiger partial charge is 0.351 e. The lowest BCUT2D eigenvalue weighted by Gasteiger charge is -2.08. The second-order valence-corrected chi connectivity index (χ2v) is 7.20. The fraction of sp³-hybridized carbons (Fsp3) is 0.200. The number of fused-ring (bicyclic) bond motifs is 1. The van der Waals surface area contributed by atoms with Gasteiger partial charge in [0.15, 0.2) is 5.69 Å². The third-order valence-corrected chi connectivity index (χ3v) is 5.36. The van der Waals surface area contributed by atoms with Gasteiger partial charge in [-0.15, -0.1) is 11.3 Å². The number of nitrogens with one attached hydrogen (secondary N) is 2. The zero-order valence-corrected chi connectivity index (χ0v) is 15.3. The number of thiophene rings is 1. The summed E-state index contributed by atoms with van der Waals surface area (Å²) in [6.07, 6.45) is 0.869. The van der Waals surface area contributed by atoms with E-state index in [4.69, 9.17) is 0 Å². The number of rotatable bonds is 6. The van der Waals surface area contributed by atoms with Gasteiger partial charge in [-0.3, -0.25) is 9.89 Å². The molecule has 4 aromatic rings. The topological polar surface area (TPSA) is 62.7 Å². The van der Waals surface area contributed by atoms with Crippen molar-refractivity contribution in [3.63, 3.8) is 0 Å². The fourth-order valence-corrected chi connectivity index (χ4v) is 3.86. The van der Waals surface area contributed by atoms with Gasteiger partial charge in [0.05, 0.1) is 10.6 Å². The molecule has 2 N–H and O–H groups in total. The quantitative estimate of drug-likeness (QED) is 0.503. The highest BCUT2D eigenvalue weighted by atomic mass is 32.1. The molecule has 0 fully saturated rings. The molecule has 0 atom stereocenters. The molecule has 6 heteroatoms. The van der Waals surface area contributed by atoms with Crippen molar-refractivity contribution >= 4 is 28.1 Å². The molecule has 0 saturated heterocycles. The second-order valence-electron chi connectivity index (χ2n) is 6.25. The maximum atomic E-state index is 12.3. The van der Waals surface area contributed by atoms with Crippen LogP contribution in [-0.2, 0) is 6.54 Å². The van der Waals surface area contributed by atoms with E-state index in [1.54, 1.807) is 17.4 Å². The van der Waals surface area contributed by atoms with E-state index in [1.807, 2.05) is 17.5 Å². The van der Waals surface area contributed by atoms with E-state index in [-0.39, 0.29) is 5.91 Å². The van der Waals surface area contributed by atoms with Gasteiger partial charge in [0, 0.05) is 24.3 Å². The van der Waals surface area contributed by atoms with E-state index in [2.05, 4.69) is 57.3 Å². The minimum absolute atomic E-state index is 0.141. The molecule has 1 amide bonds. The molecule has 132 valence electrons. The molecular weight excluding hydrogens is 344 g/mol. The molecule has 1 aromatic carbocycles. The molecule has 4 rings (SSSR count). The number of aromatic nitrogens is 3. The minimum atomic E-state index is -0.141. The van der Waals surface area contributed by atoms with Crippen molar-refractivity contribution in [2.24, 2.45) is 0 Å². The summed E-state index contributed by atoms with van der Waals surface area (Å²) < 4.78 is 2.30. The van der Waals surface area contributed by atoms with Gasteiger partial charge in [0.1, 0.15) is 0 Å². The van der Waals surface area contributed by atoms with Crippen LogP contribution in [-0.4, -0.2) is 27.2 Å². The number of amides is 1. The van der Waals surface area contributed by atoms with Crippen molar-refractivity contribution < 1.29 is 4.79 Å². The summed E-state index contributed by atoms with van der Waals surface area (Å²) in [4.78, 5) is 13.3. The van der Waals surface area contributed by atoms with Crippen LogP contribution in [0.2, 0.25) is 0 Å². The van der Waals surface area contributed by atoms with E-state index >= 15 is 0 Å². The van der Waals surface area contributed by atoms with Gasteiger partial charge >= 0.3 is 0 Å². The lowest BCUT2D eigenvalue weighted by Crippen LogP contribution is -2.25. The first-order chi connectivity index (χ1) is 12.7. The van der Waals surface area contributed by atoms with E-state index in [1.165, 1.54) is 16.6 Å². The Morgan fingerprint density at radius 3 is 2.96 bits per heavy atom. The average Bonchev–Trinajstić information content (AvgIpc) is 3.38. The molecular formula is C20H20N4OS. The molecule has 0 saturated carbocycles. The number of benzene rings is 1. The summed E-state index contributed by atoms with van der Waals surface area (Å²) in [7, 11) is 0. The zero-order valence-electron chi connectivity index (χ0n) is 14.5. The number of nitrogens with zero attached hydrogens (tertiary/aromatic N) is 2. The van der Waals surface area contributed by atoms with E-state index < -0.39 is 0 Å². The zero-order chi connectivity index (χ0) is 17.9. The Morgan fingerprint density at radius 2 is 2.12 bits per heavy atom. The standard InChI is InChI=1S/C20H20N4OS/c1-14-12-15-6-2-3-7-18(15)24(14)10-5-9-21-20(25)17-13-16(22-23-17)19-8-4-11-26-19/h2-4,6-8,11-13H,5,9-10H2,1H3,(H,21,25)(H,22,23). The Labute approximate surface area is 155 Å². The summed E-state index contributed by atoms with van der Waals surface area (Å²) in [6.45, 7) is 3.61. The van der Waals surface area contributed by atoms with Crippen molar-refractivity contribution in [3.8, 4) is 10.6 Å². The van der Waals surface area contributed by atoms with Gasteiger partial charge < -0.3 is 9.88 Å². The van der Waals surface area contributed by atoms with Gasteiger partial charge in [0.25, 0.3) is 5.91 Å². The number of aryl methyl sites for hydroxylation is 2. The number of aromatic amines is 1. The minimum Gasteiger partial charge on any atom is -0.351 e. The Balaban J connectivity index is 1.33. The molecule has 0 aliphatic rings. The SMILES string of the molecule is Cc1cc2ccccc2n1CCCNC(=O)c1cc(-c2cccs2)[nH]n1. The number of para-hydroxylation sites is 1. The molecule has 3 heterocycles. The van der Waals surface area contributed by atoms with Crippen LogP contribution in [0.25, 0.3) is 21.5 Å². The molecule has 5 nitrogen and oxygen atoms in total. The predicted octanol–water partition coefficient (Wildman–Crippen LogP) is 4.22. The van der Waals surface area contributed by atoms with Crippen molar-refractivity contribution in [1.29, 1.82) is 0 Å². The van der Waals surface area contributed by atoms with Crippen molar-refractivity contribution in [2.45, 2.75) is 19.9 Å². The van der Waals surface area contributed by atoms with Gasteiger partial charge in [-0.05, 0) is 48.4 Å². The number of hydrogen-bond donors (Lipinski definition) is 2. The molecule has 0 spiro atoms. The van der Waals surface area contributed by atoms with E-state index in [9.17, 15) is 4.79 Å². The first kappa shape index (κ1) is 16.6. The van der Waals surface area contributed by atoms with Crippen LogP contribution < -0.4 is 5.32 Å². The number of carbonyl (C=O) groups is 1. The van der Waals surface area contributed by atoms with E-state index in [0.29, 0.717) is 12.2 Å². The highest BCUT2D eigenvalue weighted by Crippen LogP contribution is 2.23. The fourth-order valence-electron chi connectivity index (χ4n) is 3.17. The van der Waals surface area contributed by atoms with Crippen LogP contribution in [0.5, 0.6) is 0 Å². The molecule has 0 bridgehead atoms. The predicted molar refractivity (Wildman–Crippen MR) is 106 cm³/mol. The highest BCUT2D eigenvalue weighted by molar-refractivity contribution is 7.13. The maximum Gasteiger partial charge on any atom is 0.271 e. The Hall–Kier alpha value is -2.86. The average molecular weight is 364 g/mol. The van der Waals surface area contributed by atoms with Gasteiger partial charge in [-0.2, -0.15) is 5.10 Å². The highest BCUT2D eigenvalue weighted by Gasteiger charge is 2.11. The second kappa shape index (κ2) is 7.17. The maximum absolute atomic E-state index is 12.3. The summed E-state index contributed by atoms with van der Waals surface area (Å²) in [5.41, 5.74) is 3.78. The number of carbonyl (C=O) groups excluding carboxylic acids is 1. The monoisotopic (exact) mass is 364 g/mol. The third-order valence-electron chi connectivity index (χ3n) is 4.46. The first-order valence-corrected chi connectivity index (χ1v) is 9.53. The lowest BCUT2D eigenvalue weighted by molar-refractivity contribution is 0.0948. The summed E-state index contributed by atoms with van der Waals surface area (Å²) in [6, 6.07) is 16.4. The number of H-pyrrole nitrogens is 1. The summed E-state index contributed by atoms with van der Waals surface area (Å²) >= 11 is 1.62. The van der Waals surface area contributed by atoms with Gasteiger partial charge in [-0.1, -0.05) is 24.3 Å². The van der Waals surface area contributed by atoms with Crippen LogP contribution >= 0.6 is 11.3 Å². The Bertz CT molecular complexity index is 1030. The Morgan fingerprint density at radius 1 is 1.23 bits per heavy atom. The lowest BCUT2D eigenvalue weighted by atomic mass is 10.2. The Kier molecular flexibility index (Phi) is 4.58. The van der Waals surface area contributed by atoms with Crippen LogP contribution in [0, 0.1) is 6.92 Å². The summed E-state index contributed by atoms with van der Waals surface area (Å²) in [5.74, 6) is -0.141. The van der Waals surface area contributed by atoms with Crippen molar-refractivity contribution in [1.82, 2.24) is 20.1 Å². The molecule has 3 aromatic heterocycles. The third kappa shape index (κ3) is 3.28. The van der Waals surface area contributed by atoms with Gasteiger partial charge in [-0.25, -0.2) is 0 Å². The van der Waals surface area contributed by atoms with E-state index in [0.717, 1.165) is 23.5 Å². The molecule has 0 radical (unpaired) electrons. The van der Waals surface area contributed by atoms with Crippen LogP contribution in [0.15, 0.2) is 53.9 Å². The normalized spacial score (nSPS) is 11.1. The van der Waals surface area contributed by atoms with Crippen LogP contribution in [0.4, 0.5) is 0 Å². The first-order valence-electron chi connectivity index (χ1n) is 8.65. The molecule has 0 aliphatic carbocycles. The summed E-state index contributed by atoms with van der Waals surface area (Å²) in [5, 5.41) is 13.3. The smallest absolute Gasteiger partial charge is 0.271 e.